The Morgan fingerprint density at radius 3 is 2.32 bits per heavy atom. The molecule has 0 unspecified atom stereocenters. The molecule has 0 bridgehead atoms. The molecule has 0 spiro atoms. The van der Waals surface area contributed by atoms with Gasteiger partial charge >= 0.3 is 5.97 Å². The lowest BCUT2D eigenvalue weighted by Crippen LogP contribution is -1.97. The molecular weight excluding hydrogens is 236 g/mol. The standard InChI is InChI=1S/C12H12.C5H8O2/c1-2-3-4-6-9-12-10-7-5-8-11-12;1-3-5(6)7-4-2/h2-11H,1H2;3H,1,4H2,2H3. The van der Waals surface area contributed by atoms with E-state index in [0.29, 0.717) is 6.61 Å². The highest BCUT2D eigenvalue weighted by Crippen LogP contribution is 2.00. The van der Waals surface area contributed by atoms with E-state index in [1.54, 1.807) is 13.0 Å². The maximum absolute atomic E-state index is 10.1. The minimum absolute atomic E-state index is 0.359. The Morgan fingerprint density at radius 1 is 1.16 bits per heavy atom. The van der Waals surface area contributed by atoms with Crippen LogP contribution in [0.15, 0.2) is 73.9 Å². The van der Waals surface area contributed by atoms with E-state index in [4.69, 9.17) is 0 Å². The Balaban J connectivity index is 0.000000399. The van der Waals surface area contributed by atoms with E-state index in [0.717, 1.165) is 6.08 Å². The highest BCUT2D eigenvalue weighted by molar-refractivity contribution is 5.81. The van der Waals surface area contributed by atoms with Gasteiger partial charge in [-0.25, -0.2) is 4.79 Å². The van der Waals surface area contributed by atoms with Gasteiger partial charge in [-0.3, -0.25) is 0 Å². The summed E-state index contributed by atoms with van der Waals surface area (Å²) in [4.78, 5) is 10.1. The van der Waals surface area contributed by atoms with Gasteiger partial charge in [0.1, 0.15) is 0 Å². The number of rotatable bonds is 5. The summed E-state index contributed by atoms with van der Waals surface area (Å²) in [5.41, 5.74) is 1.21. The number of esters is 1. The van der Waals surface area contributed by atoms with Crippen LogP contribution >= 0.6 is 0 Å². The Hall–Kier alpha value is -2.35. The quantitative estimate of drug-likeness (QED) is 0.449. The van der Waals surface area contributed by atoms with Crippen molar-refractivity contribution in [3.8, 4) is 0 Å². The monoisotopic (exact) mass is 256 g/mol. The molecule has 2 heteroatoms. The fraction of sp³-hybridized carbons (Fsp3) is 0.118. The molecule has 1 rings (SSSR count). The highest BCUT2D eigenvalue weighted by Gasteiger charge is 1.86. The van der Waals surface area contributed by atoms with Gasteiger partial charge in [-0.1, -0.05) is 73.9 Å². The van der Waals surface area contributed by atoms with Crippen molar-refractivity contribution in [2.45, 2.75) is 6.92 Å². The van der Waals surface area contributed by atoms with Gasteiger partial charge < -0.3 is 4.74 Å². The number of hydrogen-bond donors (Lipinski definition) is 0. The third-order valence-corrected chi connectivity index (χ3v) is 1.90. The Morgan fingerprint density at radius 2 is 1.84 bits per heavy atom. The van der Waals surface area contributed by atoms with Gasteiger partial charge in [0.15, 0.2) is 0 Å². The topological polar surface area (TPSA) is 26.3 Å². The zero-order chi connectivity index (χ0) is 14.3. The second kappa shape index (κ2) is 12.1. The number of allylic oxidation sites excluding steroid dienone is 4. The summed E-state index contributed by atoms with van der Waals surface area (Å²) < 4.78 is 4.43. The highest BCUT2D eigenvalue weighted by atomic mass is 16.5. The number of carbonyl (C=O) groups excluding carboxylic acids is 1. The summed E-state index contributed by atoms with van der Waals surface area (Å²) in [5, 5.41) is 0. The van der Waals surface area contributed by atoms with Crippen LogP contribution in [-0.4, -0.2) is 12.6 Å². The van der Waals surface area contributed by atoms with Crippen molar-refractivity contribution >= 4 is 12.0 Å². The molecule has 0 saturated carbocycles. The van der Waals surface area contributed by atoms with E-state index in [9.17, 15) is 4.79 Å². The zero-order valence-corrected chi connectivity index (χ0v) is 11.3. The van der Waals surface area contributed by atoms with E-state index in [1.807, 2.05) is 36.4 Å². The van der Waals surface area contributed by atoms with Crippen LogP contribution < -0.4 is 0 Å². The van der Waals surface area contributed by atoms with E-state index < -0.39 is 0 Å². The van der Waals surface area contributed by atoms with Gasteiger partial charge in [-0.05, 0) is 12.5 Å². The van der Waals surface area contributed by atoms with E-state index >= 15 is 0 Å². The maximum atomic E-state index is 10.1. The average Bonchev–Trinajstić information content (AvgIpc) is 2.46. The first-order valence-corrected chi connectivity index (χ1v) is 6.04. The first-order valence-electron chi connectivity index (χ1n) is 6.04. The third kappa shape index (κ3) is 10.5. The normalized spacial score (nSPS) is 9.74. The molecule has 0 aliphatic carbocycles. The minimum Gasteiger partial charge on any atom is -0.463 e. The summed E-state index contributed by atoms with van der Waals surface area (Å²) in [6, 6.07) is 10.2. The smallest absolute Gasteiger partial charge is 0.330 e. The molecule has 0 aliphatic heterocycles. The fourth-order valence-electron chi connectivity index (χ4n) is 1.07. The van der Waals surface area contributed by atoms with Crippen LogP contribution in [0.25, 0.3) is 6.08 Å². The number of carbonyl (C=O) groups is 1. The van der Waals surface area contributed by atoms with Crippen molar-refractivity contribution in [3.05, 3.63) is 79.4 Å². The molecule has 0 radical (unpaired) electrons. The van der Waals surface area contributed by atoms with Gasteiger partial charge in [0, 0.05) is 6.08 Å². The Kier molecular flexibility index (Phi) is 10.6. The summed E-state index contributed by atoms with van der Waals surface area (Å²) >= 11 is 0. The third-order valence-electron chi connectivity index (χ3n) is 1.90. The lowest BCUT2D eigenvalue weighted by Gasteiger charge is -1.90. The van der Waals surface area contributed by atoms with Crippen molar-refractivity contribution in [1.29, 1.82) is 0 Å². The summed E-state index contributed by atoms with van der Waals surface area (Å²) in [7, 11) is 0. The van der Waals surface area contributed by atoms with Crippen LogP contribution in [0.5, 0.6) is 0 Å². The summed E-state index contributed by atoms with van der Waals surface area (Å²) in [5.74, 6) is -0.359. The first kappa shape index (κ1) is 16.7. The van der Waals surface area contributed by atoms with Crippen LogP contribution in [0.3, 0.4) is 0 Å². The molecule has 1 aromatic carbocycles. The van der Waals surface area contributed by atoms with Crippen molar-refractivity contribution in [2.75, 3.05) is 6.61 Å². The van der Waals surface area contributed by atoms with Crippen LogP contribution in [0.2, 0.25) is 0 Å². The molecule has 19 heavy (non-hydrogen) atoms. The van der Waals surface area contributed by atoms with Crippen molar-refractivity contribution < 1.29 is 9.53 Å². The molecule has 0 amide bonds. The van der Waals surface area contributed by atoms with Crippen LogP contribution in [0.1, 0.15) is 12.5 Å². The minimum atomic E-state index is -0.359. The van der Waals surface area contributed by atoms with Crippen molar-refractivity contribution in [2.24, 2.45) is 0 Å². The zero-order valence-electron chi connectivity index (χ0n) is 11.3. The predicted molar refractivity (Wildman–Crippen MR) is 81.6 cm³/mol. The molecular formula is C17H20O2. The second-order valence-electron chi connectivity index (χ2n) is 3.35. The fourth-order valence-corrected chi connectivity index (χ4v) is 1.07. The van der Waals surface area contributed by atoms with E-state index in [2.05, 4.69) is 36.1 Å². The molecule has 0 N–H and O–H groups in total. The molecule has 0 fully saturated rings. The second-order valence-corrected chi connectivity index (χ2v) is 3.35. The molecule has 0 atom stereocenters. The van der Waals surface area contributed by atoms with Gasteiger partial charge in [0.2, 0.25) is 0 Å². The van der Waals surface area contributed by atoms with Crippen molar-refractivity contribution in [3.63, 3.8) is 0 Å². The lowest BCUT2D eigenvalue weighted by atomic mass is 10.2. The first-order chi connectivity index (χ1) is 9.24. The molecule has 0 aliphatic rings. The molecule has 100 valence electrons. The number of hydrogen-bond acceptors (Lipinski definition) is 2. The summed E-state index contributed by atoms with van der Waals surface area (Å²) in [6.45, 7) is 8.96. The van der Waals surface area contributed by atoms with E-state index in [-0.39, 0.29) is 5.97 Å². The number of ether oxygens (including phenoxy) is 1. The van der Waals surface area contributed by atoms with Gasteiger partial charge in [-0.2, -0.15) is 0 Å². The van der Waals surface area contributed by atoms with Crippen LogP contribution in [-0.2, 0) is 9.53 Å². The van der Waals surface area contributed by atoms with Crippen LogP contribution in [0, 0.1) is 0 Å². The molecule has 0 aromatic heterocycles. The molecule has 2 nitrogen and oxygen atoms in total. The van der Waals surface area contributed by atoms with Crippen LogP contribution in [0.4, 0.5) is 0 Å². The van der Waals surface area contributed by atoms with Gasteiger partial charge in [0.05, 0.1) is 6.61 Å². The van der Waals surface area contributed by atoms with E-state index in [1.165, 1.54) is 5.56 Å². The Labute approximate surface area is 115 Å². The average molecular weight is 256 g/mol. The summed E-state index contributed by atoms with van der Waals surface area (Å²) in [6.07, 6.45) is 10.8. The van der Waals surface area contributed by atoms with Crippen molar-refractivity contribution in [1.82, 2.24) is 0 Å². The molecule has 0 heterocycles. The lowest BCUT2D eigenvalue weighted by molar-refractivity contribution is -0.137. The molecule has 0 saturated heterocycles. The predicted octanol–water partition coefficient (Wildman–Crippen LogP) is 4.18. The maximum Gasteiger partial charge on any atom is 0.330 e. The number of benzene rings is 1. The van der Waals surface area contributed by atoms with Gasteiger partial charge in [0.25, 0.3) is 0 Å². The SMILES string of the molecule is C=CC(=O)OCC.C=CC=CC=Cc1ccccc1. The molecule has 1 aromatic rings. The largest absolute Gasteiger partial charge is 0.463 e. The Bertz CT molecular complexity index is 428. The van der Waals surface area contributed by atoms with Gasteiger partial charge in [-0.15, -0.1) is 0 Å².